The molecule has 2 aromatic rings. The zero-order valence-electron chi connectivity index (χ0n) is 11.0. The van der Waals surface area contributed by atoms with Crippen LogP contribution < -0.4 is 0 Å². The Bertz CT molecular complexity index is 574. The first-order valence-corrected chi connectivity index (χ1v) is 6.67. The fourth-order valence-electron chi connectivity index (χ4n) is 2.84. The average molecular weight is 255 g/mol. The van der Waals surface area contributed by atoms with Gasteiger partial charge in [-0.25, -0.2) is 0 Å². The number of nitrogens with zero attached hydrogens (tertiary/aromatic N) is 1. The lowest BCUT2D eigenvalue weighted by molar-refractivity contribution is 0.0703. The first kappa shape index (κ1) is 12.0. The van der Waals surface area contributed by atoms with Gasteiger partial charge in [0.15, 0.2) is 5.76 Å². The number of likely N-dealkylation sites (tertiary alicyclic amines) is 1. The number of carbonyl (C=O) groups excluding carboxylic acids is 1. The number of hydrogen-bond donors (Lipinski definition) is 0. The lowest BCUT2D eigenvalue weighted by Gasteiger charge is -2.25. The highest BCUT2D eigenvalue weighted by Crippen LogP contribution is 2.34. The maximum absolute atomic E-state index is 12.4. The molecule has 0 aliphatic carbocycles. The van der Waals surface area contributed by atoms with Gasteiger partial charge in [-0.15, -0.1) is 0 Å². The Labute approximate surface area is 112 Å². The van der Waals surface area contributed by atoms with Crippen molar-refractivity contribution in [2.24, 2.45) is 0 Å². The Morgan fingerprint density at radius 2 is 2.11 bits per heavy atom. The van der Waals surface area contributed by atoms with Gasteiger partial charge in [0.05, 0.1) is 12.3 Å². The summed E-state index contributed by atoms with van der Waals surface area (Å²) in [5.41, 5.74) is 2.49. The lowest BCUT2D eigenvalue weighted by Crippen LogP contribution is -2.30. The highest BCUT2D eigenvalue weighted by atomic mass is 16.3. The molecule has 1 aromatic carbocycles. The molecule has 1 aliphatic heterocycles. The molecule has 1 saturated heterocycles. The molecule has 0 unspecified atom stereocenters. The molecular weight excluding hydrogens is 238 g/mol. The molecule has 1 amide bonds. The van der Waals surface area contributed by atoms with Crippen molar-refractivity contribution >= 4 is 5.91 Å². The number of rotatable bonds is 2. The van der Waals surface area contributed by atoms with Gasteiger partial charge in [0.25, 0.3) is 5.91 Å². The molecule has 3 rings (SSSR count). The smallest absolute Gasteiger partial charge is 0.290 e. The van der Waals surface area contributed by atoms with Gasteiger partial charge in [0.1, 0.15) is 0 Å². The summed E-state index contributed by atoms with van der Waals surface area (Å²) in [5.74, 6) is 0.427. The van der Waals surface area contributed by atoms with Crippen LogP contribution in [0, 0.1) is 6.92 Å². The highest BCUT2D eigenvalue weighted by Gasteiger charge is 2.32. The van der Waals surface area contributed by atoms with Crippen molar-refractivity contribution in [3.05, 3.63) is 59.5 Å². The monoisotopic (exact) mass is 255 g/mol. The van der Waals surface area contributed by atoms with E-state index in [1.165, 1.54) is 11.1 Å². The van der Waals surface area contributed by atoms with E-state index in [1.807, 2.05) is 17.0 Å². The predicted octanol–water partition coefficient (Wildman–Crippen LogP) is 3.57. The average Bonchev–Trinajstić information content (AvgIpc) is 3.10. The van der Waals surface area contributed by atoms with Crippen LogP contribution in [0.2, 0.25) is 0 Å². The normalized spacial score (nSPS) is 18.8. The molecule has 1 aliphatic rings. The van der Waals surface area contributed by atoms with E-state index >= 15 is 0 Å². The highest BCUT2D eigenvalue weighted by molar-refractivity contribution is 5.92. The standard InChI is InChI=1S/C16H17NO2/c1-12-6-2-3-7-13(12)14-8-4-10-17(14)16(18)15-9-5-11-19-15/h2-3,5-7,9,11,14H,4,8,10H2,1H3/t14-/m1/s1. The molecule has 1 atom stereocenters. The molecule has 0 N–H and O–H groups in total. The van der Waals surface area contributed by atoms with Gasteiger partial charge in [0.2, 0.25) is 0 Å². The molecule has 98 valence electrons. The van der Waals surface area contributed by atoms with Gasteiger partial charge in [-0.3, -0.25) is 4.79 Å². The van der Waals surface area contributed by atoms with E-state index in [2.05, 4.69) is 19.1 Å². The van der Waals surface area contributed by atoms with Crippen molar-refractivity contribution in [3.8, 4) is 0 Å². The predicted molar refractivity (Wildman–Crippen MR) is 72.9 cm³/mol. The molecule has 1 aromatic heterocycles. The molecule has 0 bridgehead atoms. The zero-order valence-corrected chi connectivity index (χ0v) is 11.0. The lowest BCUT2D eigenvalue weighted by atomic mass is 9.99. The number of amides is 1. The minimum atomic E-state index is -0.00393. The minimum absolute atomic E-state index is 0.00393. The van der Waals surface area contributed by atoms with Crippen molar-refractivity contribution in [3.63, 3.8) is 0 Å². The maximum atomic E-state index is 12.4. The van der Waals surface area contributed by atoms with E-state index in [0.717, 1.165) is 19.4 Å². The van der Waals surface area contributed by atoms with Crippen LogP contribution in [-0.4, -0.2) is 17.4 Å². The summed E-state index contributed by atoms with van der Waals surface area (Å²) in [6.07, 6.45) is 3.62. The number of benzene rings is 1. The van der Waals surface area contributed by atoms with Gasteiger partial charge in [0, 0.05) is 6.54 Å². The number of hydrogen-bond acceptors (Lipinski definition) is 2. The van der Waals surface area contributed by atoms with Gasteiger partial charge in [-0.05, 0) is 43.0 Å². The van der Waals surface area contributed by atoms with Crippen LogP contribution >= 0.6 is 0 Å². The summed E-state index contributed by atoms with van der Waals surface area (Å²) < 4.78 is 5.23. The van der Waals surface area contributed by atoms with Crippen molar-refractivity contribution in [2.45, 2.75) is 25.8 Å². The molecule has 3 nitrogen and oxygen atoms in total. The summed E-state index contributed by atoms with van der Waals surface area (Å²) in [6.45, 7) is 2.90. The van der Waals surface area contributed by atoms with Crippen molar-refractivity contribution in [2.75, 3.05) is 6.54 Å². The molecule has 1 fully saturated rings. The van der Waals surface area contributed by atoms with Crippen LogP contribution in [0.15, 0.2) is 47.1 Å². The van der Waals surface area contributed by atoms with Crippen LogP contribution in [0.3, 0.4) is 0 Å². The Morgan fingerprint density at radius 3 is 2.84 bits per heavy atom. The number of furan rings is 1. The van der Waals surface area contributed by atoms with Crippen molar-refractivity contribution in [1.29, 1.82) is 0 Å². The Kier molecular flexibility index (Phi) is 3.11. The van der Waals surface area contributed by atoms with Crippen LogP contribution in [-0.2, 0) is 0 Å². The van der Waals surface area contributed by atoms with E-state index in [-0.39, 0.29) is 11.9 Å². The third-order valence-electron chi connectivity index (χ3n) is 3.79. The summed E-state index contributed by atoms with van der Waals surface area (Å²) in [7, 11) is 0. The summed E-state index contributed by atoms with van der Waals surface area (Å²) in [5, 5.41) is 0. The summed E-state index contributed by atoms with van der Waals surface area (Å²) in [6, 6.07) is 12.0. The molecular formula is C16H17NO2. The van der Waals surface area contributed by atoms with Gasteiger partial charge in [-0.1, -0.05) is 24.3 Å². The molecule has 2 heterocycles. The van der Waals surface area contributed by atoms with E-state index in [0.29, 0.717) is 5.76 Å². The second kappa shape index (κ2) is 4.92. The molecule has 3 heteroatoms. The Hall–Kier alpha value is -2.03. The first-order chi connectivity index (χ1) is 9.27. The van der Waals surface area contributed by atoms with Crippen LogP contribution in [0.1, 0.15) is 40.6 Å². The SMILES string of the molecule is Cc1ccccc1[C@H]1CCCN1C(=O)c1ccco1. The molecule has 19 heavy (non-hydrogen) atoms. The van der Waals surface area contributed by atoms with Crippen molar-refractivity contribution < 1.29 is 9.21 Å². The van der Waals surface area contributed by atoms with E-state index in [1.54, 1.807) is 18.4 Å². The number of carbonyl (C=O) groups is 1. The van der Waals surface area contributed by atoms with E-state index in [9.17, 15) is 4.79 Å². The second-order valence-corrected chi connectivity index (χ2v) is 4.99. The van der Waals surface area contributed by atoms with Gasteiger partial charge < -0.3 is 9.32 Å². The van der Waals surface area contributed by atoms with Crippen molar-refractivity contribution in [1.82, 2.24) is 4.90 Å². The quantitative estimate of drug-likeness (QED) is 0.822. The Balaban J connectivity index is 1.90. The summed E-state index contributed by atoms with van der Waals surface area (Å²) >= 11 is 0. The fourth-order valence-corrected chi connectivity index (χ4v) is 2.84. The maximum Gasteiger partial charge on any atom is 0.290 e. The molecule has 0 spiro atoms. The minimum Gasteiger partial charge on any atom is -0.459 e. The van der Waals surface area contributed by atoms with Crippen LogP contribution in [0.25, 0.3) is 0 Å². The van der Waals surface area contributed by atoms with E-state index < -0.39 is 0 Å². The third kappa shape index (κ3) is 2.16. The molecule has 0 saturated carbocycles. The Morgan fingerprint density at radius 1 is 1.26 bits per heavy atom. The third-order valence-corrected chi connectivity index (χ3v) is 3.79. The second-order valence-electron chi connectivity index (χ2n) is 4.99. The largest absolute Gasteiger partial charge is 0.459 e. The van der Waals surface area contributed by atoms with Crippen LogP contribution in [0.5, 0.6) is 0 Å². The summed E-state index contributed by atoms with van der Waals surface area (Å²) in [4.78, 5) is 14.4. The first-order valence-electron chi connectivity index (χ1n) is 6.67. The zero-order chi connectivity index (χ0) is 13.2. The number of aryl methyl sites for hydroxylation is 1. The van der Waals surface area contributed by atoms with Gasteiger partial charge >= 0.3 is 0 Å². The molecule has 0 radical (unpaired) electrons. The topological polar surface area (TPSA) is 33.5 Å². The van der Waals surface area contributed by atoms with Crippen LogP contribution in [0.4, 0.5) is 0 Å². The van der Waals surface area contributed by atoms with Gasteiger partial charge in [-0.2, -0.15) is 0 Å². The fraction of sp³-hybridized carbons (Fsp3) is 0.312. The van der Waals surface area contributed by atoms with E-state index in [4.69, 9.17) is 4.42 Å².